The van der Waals surface area contributed by atoms with Gasteiger partial charge in [-0.2, -0.15) is 0 Å². The van der Waals surface area contributed by atoms with Gasteiger partial charge in [0.2, 0.25) is 0 Å². The zero-order chi connectivity index (χ0) is 67.5. The van der Waals surface area contributed by atoms with Gasteiger partial charge in [0.05, 0.1) is 27.9 Å². The quantitative estimate of drug-likeness (QED) is 0.157. The van der Waals surface area contributed by atoms with Gasteiger partial charge in [0, 0.05) is 44.4 Å². The Morgan fingerprint density at radius 3 is 1.06 bits per heavy atom. The highest BCUT2D eigenvalue weighted by Gasteiger charge is 2.55. The minimum atomic E-state index is -0.643. The summed E-state index contributed by atoms with van der Waals surface area (Å²) in [6.45, 7) is 9.60. The van der Waals surface area contributed by atoms with Crippen LogP contribution < -0.4 is 9.80 Å². The van der Waals surface area contributed by atoms with Crippen molar-refractivity contribution in [2.45, 2.75) is 49.4 Å². The molecule has 2 spiro atoms. The van der Waals surface area contributed by atoms with Crippen molar-refractivity contribution >= 4 is 55.7 Å². The van der Waals surface area contributed by atoms with Crippen molar-refractivity contribution in [1.82, 2.24) is 0 Å². The zero-order valence-corrected chi connectivity index (χ0v) is 57.2. The fourth-order valence-corrected chi connectivity index (χ4v) is 20.5. The van der Waals surface area contributed by atoms with Crippen molar-refractivity contribution < 1.29 is 0 Å². The van der Waals surface area contributed by atoms with Crippen LogP contribution in [0.15, 0.2) is 340 Å². The van der Waals surface area contributed by atoms with Crippen LogP contribution in [0.4, 0.5) is 34.1 Å². The molecule has 16 aromatic carbocycles. The SMILES string of the molecule is CC1(C)c2ccccc2-c2ccc(N(c3ccc4ccccc4c3)c3cccc4c3-c3ccccc3C43c4ccccc4-c4c(-c5cccc6c(N(c7ccc8c(c7)C(C)(C)c7ccccc7-8)c7cccc8c7-c7ccccc7C87c8ccccc8-c8ccccc87)cccc56)cccc43)cc21. The van der Waals surface area contributed by atoms with E-state index in [1.807, 2.05) is 0 Å². The van der Waals surface area contributed by atoms with Crippen LogP contribution in [0.3, 0.4) is 0 Å². The van der Waals surface area contributed by atoms with Gasteiger partial charge in [0.15, 0.2) is 0 Å². The van der Waals surface area contributed by atoms with Gasteiger partial charge in [-0.3, -0.25) is 0 Å². The highest BCUT2D eigenvalue weighted by molar-refractivity contribution is 6.12. The molecule has 0 aliphatic heterocycles. The lowest BCUT2D eigenvalue weighted by atomic mass is 9.70. The summed E-state index contributed by atoms with van der Waals surface area (Å²) < 4.78 is 0. The second-order valence-corrected chi connectivity index (χ2v) is 30.0. The van der Waals surface area contributed by atoms with E-state index in [-0.39, 0.29) is 10.8 Å². The van der Waals surface area contributed by atoms with Crippen LogP contribution >= 0.6 is 0 Å². The Bertz CT molecular complexity index is 6330. The van der Waals surface area contributed by atoms with Crippen molar-refractivity contribution in [3.63, 3.8) is 0 Å². The van der Waals surface area contributed by atoms with Crippen molar-refractivity contribution in [3.05, 3.63) is 406 Å². The van der Waals surface area contributed by atoms with E-state index in [4.69, 9.17) is 0 Å². The first kappa shape index (κ1) is 57.5. The molecule has 0 saturated carbocycles. The first-order chi connectivity index (χ1) is 50.1. The molecule has 0 radical (unpaired) electrons. The number of hydrogen-bond acceptors (Lipinski definition) is 2. The molecule has 0 fully saturated rings. The van der Waals surface area contributed by atoms with Crippen LogP contribution in [0.1, 0.15) is 94.5 Å². The van der Waals surface area contributed by atoms with E-state index < -0.39 is 10.8 Å². The Balaban J connectivity index is 0.759. The number of hydrogen-bond donors (Lipinski definition) is 0. The van der Waals surface area contributed by atoms with Gasteiger partial charge in [-0.05, 0) is 204 Å². The Kier molecular flexibility index (Phi) is 11.6. The lowest BCUT2D eigenvalue weighted by Gasteiger charge is -2.33. The Morgan fingerprint density at radius 1 is 0.186 bits per heavy atom. The predicted octanol–water partition coefficient (Wildman–Crippen LogP) is 25.9. The van der Waals surface area contributed by atoms with Gasteiger partial charge in [-0.1, -0.05) is 313 Å². The van der Waals surface area contributed by atoms with Gasteiger partial charge in [-0.15, -0.1) is 0 Å². The Morgan fingerprint density at radius 2 is 0.510 bits per heavy atom. The van der Waals surface area contributed by atoms with Gasteiger partial charge >= 0.3 is 0 Å². The van der Waals surface area contributed by atoms with Crippen LogP contribution in [0.5, 0.6) is 0 Å². The summed E-state index contributed by atoms with van der Waals surface area (Å²) in [5, 5.41) is 4.81. The van der Waals surface area contributed by atoms with Crippen LogP contribution in [-0.4, -0.2) is 0 Å². The number of benzene rings is 16. The highest BCUT2D eigenvalue weighted by Crippen LogP contribution is 2.68. The molecule has 6 aliphatic carbocycles. The van der Waals surface area contributed by atoms with Gasteiger partial charge < -0.3 is 9.80 Å². The molecule has 0 amide bonds. The fourth-order valence-electron chi connectivity index (χ4n) is 20.5. The molecule has 0 N–H and O–H groups in total. The monoisotopic (exact) mass is 1300 g/mol. The summed E-state index contributed by atoms with van der Waals surface area (Å²) in [4.78, 5) is 5.19. The van der Waals surface area contributed by atoms with Crippen molar-refractivity contribution in [2.75, 3.05) is 9.80 Å². The number of rotatable bonds is 7. The summed E-state index contributed by atoms with van der Waals surface area (Å²) in [7, 11) is 0. The smallest absolute Gasteiger partial charge is 0.0726 e. The van der Waals surface area contributed by atoms with E-state index in [1.165, 1.54) is 166 Å². The maximum Gasteiger partial charge on any atom is 0.0726 e. The first-order valence-electron chi connectivity index (χ1n) is 36.1. The molecule has 0 bridgehead atoms. The summed E-state index contributed by atoms with van der Waals surface area (Å²) in [6, 6.07) is 130. The summed E-state index contributed by atoms with van der Waals surface area (Å²) in [6.07, 6.45) is 0. The maximum atomic E-state index is 2.63. The number of fused-ring (bicyclic) bond motifs is 28. The predicted molar refractivity (Wildman–Crippen MR) is 424 cm³/mol. The minimum Gasteiger partial charge on any atom is -0.310 e. The van der Waals surface area contributed by atoms with E-state index >= 15 is 0 Å². The molecule has 0 aromatic heterocycles. The standard InChI is InChI=1S/C100H68N2/c1-97(2)79-39-14-7-28-68(79)72-56-54-64(59-89(72)97)101(63-53-52-61-26-5-6-27-62(61)58-63)92-50-24-48-88-95(92)78-34-13-20-45-85(78)100(88)83-43-18-11-32-76(83)94-75(38-22-46-86(94)100)67-35-21-37-74-66(67)36-23-49-91(74)102(65-55-57-73-69-29-8-15-40-80(69)98(3,4)90(73)60-65)93-51-25-47-87-96(93)77-33-12-19-44-84(77)99(87)81-41-16-9-30-70(81)71-31-10-17-42-82(71)99/h5-60H,1-4H3. The third-order valence-electron chi connectivity index (χ3n) is 24.7. The topological polar surface area (TPSA) is 6.48 Å². The second-order valence-electron chi connectivity index (χ2n) is 30.0. The molecule has 2 nitrogen and oxygen atoms in total. The van der Waals surface area contributed by atoms with E-state index in [9.17, 15) is 0 Å². The van der Waals surface area contributed by atoms with Crippen molar-refractivity contribution in [1.29, 1.82) is 0 Å². The third-order valence-corrected chi connectivity index (χ3v) is 24.7. The molecule has 22 rings (SSSR count). The molecule has 2 heteroatoms. The first-order valence-corrected chi connectivity index (χ1v) is 36.1. The van der Waals surface area contributed by atoms with Gasteiger partial charge in [-0.25, -0.2) is 0 Å². The molecular formula is C100H68N2. The van der Waals surface area contributed by atoms with Crippen LogP contribution in [0.2, 0.25) is 0 Å². The molecule has 6 aliphatic rings. The molecular weight excluding hydrogens is 1230 g/mol. The molecule has 0 saturated heterocycles. The molecule has 16 aromatic rings. The Labute approximate surface area is 595 Å². The van der Waals surface area contributed by atoms with Crippen LogP contribution in [-0.2, 0) is 21.7 Å². The Hall–Kier alpha value is -12.4. The average Bonchev–Trinajstić information content (AvgIpc) is 1.51. The largest absolute Gasteiger partial charge is 0.310 e. The lowest BCUT2D eigenvalue weighted by molar-refractivity contribution is 0.660. The van der Waals surface area contributed by atoms with Crippen molar-refractivity contribution in [2.24, 2.45) is 0 Å². The number of anilines is 6. The molecule has 102 heavy (non-hydrogen) atoms. The summed E-state index contributed by atoms with van der Waals surface area (Å²) >= 11 is 0. The molecule has 1 unspecified atom stereocenters. The van der Waals surface area contributed by atoms with Crippen LogP contribution in [0, 0.1) is 0 Å². The minimum absolute atomic E-state index is 0.186. The fraction of sp³-hybridized carbons (Fsp3) is 0.0800. The van der Waals surface area contributed by atoms with Gasteiger partial charge in [0.1, 0.15) is 0 Å². The van der Waals surface area contributed by atoms with E-state index in [0.717, 1.165) is 34.1 Å². The third kappa shape index (κ3) is 7.28. The summed E-state index contributed by atoms with van der Waals surface area (Å²) in [5.74, 6) is 0. The molecule has 0 heterocycles. The van der Waals surface area contributed by atoms with Gasteiger partial charge in [0.25, 0.3) is 0 Å². The van der Waals surface area contributed by atoms with Crippen LogP contribution in [0.25, 0.3) is 99.4 Å². The number of nitrogens with zero attached hydrogens (tertiary/aromatic N) is 2. The summed E-state index contributed by atoms with van der Waals surface area (Å²) in [5.41, 5.74) is 39.1. The average molecular weight is 1300 g/mol. The second kappa shape index (κ2) is 20.6. The molecule has 1 atom stereocenters. The normalized spacial score (nSPS) is 15.9. The molecule has 478 valence electrons. The lowest BCUT2D eigenvalue weighted by Crippen LogP contribution is -2.26. The highest BCUT2D eigenvalue weighted by atomic mass is 15.2. The van der Waals surface area contributed by atoms with E-state index in [1.54, 1.807) is 0 Å². The maximum absolute atomic E-state index is 2.63. The zero-order valence-electron chi connectivity index (χ0n) is 57.2. The van der Waals surface area contributed by atoms with E-state index in [2.05, 4.69) is 377 Å². The van der Waals surface area contributed by atoms with E-state index in [0.29, 0.717) is 0 Å². The van der Waals surface area contributed by atoms with Crippen molar-refractivity contribution in [3.8, 4) is 77.9 Å².